The molecule has 7 nitrogen and oxygen atoms in total. The number of benzene rings is 1. The first-order chi connectivity index (χ1) is 12.5. The average molecular weight is 352 g/mol. The standard InChI is InChI=1S/C19H20N4O3/c1-12-9-13(2)21-18(20-12)14-7-8-22(10-14)17(24)11-23-15-5-3-4-6-16(15)26-19(23)25/h3-6,9,14H,7-8,10-11H2,1-2H3. The van der Waals surface area contributed by atoms with Crippen molar-refractivity contribution in [2.75, 3.05) is 13.1 Å². The van der Waals surface area contributed by atoms with Gasteiger partial charge in [0.05, 0.1) is 5.52 Å². The molecule has 2 aromatic heterocycles. The van der Waals surface area contributed by atoms with Gasteiger partial charge in [0, 0.05) is 30.4 Å². The van der Waals surface area contributed by atoms with Crippen LogP contribution in [0.4, 0.5) is 0 Å². The highest BCUT2D eigenvalue weighted by molar-refractivity contribution is 5.79. The Hall–Kier alpha value is -2.96. The number of aromatic nitrogens is 3. The third-order valence-electron chi connectivity index (χ3n) is 4.77. The molecule has 7 heteroatoms. The van der Waals surface area contributed by atoms with E-state index in [0.717, 1.165) is 23.6 Å². The molecule has 1 unspecified atom stereocenters. The molecule has 134 valence electrons. The Morgan fingerprint density at radius 2 is 1.96 bits per heavy atom. The lowest BCUT2D eigenvalue weighted by atomic mass is 10.1. The molecule has 1 saturated heterocycles. The van der Waals surface area contributed by atoms with E-state index < -0.39 is 5.76 Å². The summed E-state index contributed by atoms with van der Waals surface area (Å²) in [6.07, 6.45) is 0.829. The molecular weight excluding hydrogens is 332 g/mol. The maximum absolute atomic E-state index is 12.7. The van der Waals surface area contributed by atoms with Crippen LogP contribution in [0.5, 0.6) is 0 Å². The summed E-state index contributed by atoms with van der Waals surface area (Å²) >= 11 is 0. The van der Waals surface area contributed by atoms with Crippen LogP contribution in [-0.2, 0) is 11.3 Å². The van der Waals surface area contributed by atoms with Gasteiger partial charge in [-0.2, -0.15) is 0 Å². The lowest BCUT2D eigenvalue weighted by molar-refractivity contribution is -0.130. The fourth-order valence-corrected chi connectivity index (χ4v) is 3.53. The Kier molecular flexibility index (Phi) is 4.06. The molecule has 1 fully saturated rings. The van der Waals surface area contributed by atoms with Crippen molar-refractivity contribution in [1.82, 2.24) is 19.4 Å². The maximum atomic E-state index is 12.7. The number of rotatable bonds is 3. The topological polar surface area (TPSA) is 81.2 Å². The van der Waals surface area contributed by atoms with Crippen molar-refractivity contribution in [1.29, 1.82) is 0 Å². The van der Waals surface area contributed by atoms with Crippen molar-refractivity contribution >= 4 is 17.0 Å². The van der Waals surface area contributed by atoms with Crippen LogP contribution >= 0.6 is 0 Å². The van der Waals surface area contributed by atoms with Crippen molar-refractivity contribution in [2.24, 2.45) is 0 Å². The Morgan fingerprint density at radius 3 is 2.73 bits per heavy atom. The molecule has 3 heterocycles. The van der Waals surface area contributed by atoms with E-state index in [-0.39, 0.29) is 18.4 Å². The molecule has 1 aromatic carbocycles. The number of amides is 1. The van der Waals surface area contributed by atoms with Gasteiger partial charge in [-0.25, -0.2) is 14.8 Å². The lowest BCUT2D eigenvalue weighted by Gasteiger charge is -2.16. The Morgan fingerprint density at radius 1 is 1.23 bits per heavy atom. The lowest BCUT2D eigenvalue weighted by Crippen LogP contribution is -2.34. The number of carbonyl (C=O) groups is 1. The smallest absolute Gasteiger partial charge is 0.408 e. The van der Waals surface area contributed by atoms with E-state index in [1.807, 2.05) is 26.0 Å². The third kappa shape index (κ3) is 3.00. The van der Waals surface area contributed by atoms with Gasteiger partial charge in [0.25, 0.3) is 0 Å². The van der Waals surface area contributed by atoms with Crippen LogP contribution in [0.15, 0.2) is 39.5 Å². The van der Waals surface area contributed by atoms with E-state index in [2.05, 4.69) is 9.97 Å². The second kappa shape index (κ2) is 6.40. The molecule has 0 radical (unpaired) electrons. The fourth-order valence-electron chi connectivity index (χ4n) is 3.53. The molecule has 0 aliphatic carbocycles. The molecule has 1 aliphatic heterocycles. The van der Waals surface area contributed by atoms with E-state index in [9.17, 15) is 9.59 Å². The van der Waals surface area contributed by atoms with E-state index in [4.69, 9.17) is 4.42 Å². The molecule has 3 aromatic rings. The summed E-state index contributed by atoms with van der Waals surface area (Å²) in [7, 11) is 0. The number of hydrogen-bond donors (Lipinski definition) is 0. The van der Waals surface area contributed by atoms with Gasteiger partial charge in [0.2, 0.25) is 5.91 Å². The van der Waals surface area contributed by atoms with Gasteiger partial charge in [-0.15, -0.1) is 0 Å². The average Bonchev–Trinajstić information content (AvgIpc) is 3.20. The fraction of sp³-hybridized carbons (Fsp3) is 0.368. The van der Waals surface area contributed by atoms with Gasteiger partial charge in [0.15, 0.2) is 5.58 Å². The number of fused-ring (bicyclic) bond motifs is 1. The van der Waals surface area contributed by atoms with Gasteiger partial charge < -0.3 is 9.32 Å². The van der Waals surface area contributed by atoms with Gasteiger partial charge in [-0.3, -0.25) is 9.36 Å². The number of nitrogens with zero attached hydrogens (tertiary/aromatic N) is 4. The van der Waals surface area contributed by atoms with Gasteiger partial charge in [-0.05, 0) is 38.5 Å². The van der Waals surface area contributed by atoms with Crippen LogP contribution in [0.25, 0.3) is 11.1 Å². The molecular formula is C19H20N4O3. The summed E-state index contributed by atoms with van der Waals surface area (Å²) in [5, 5.41) is 0. The minimum atomic E-state index is -0.507. The third-order valence-corrected chi connectivity index (χ3v) is 4.77. The van der Waals surface area contributed by atoms with Crippen LogP contribution in [-0.4, -0.2) is 38.4 Å². The van der Waals surface area contributed by atoms with Gasteiger partial charge in [-0.1, -0.05) is 12.1 Å². The summed E-state index contributed by atoms with van der Waals surface area (Å²) in [4.78, 5) is 35.6. The normalized spacial score (nSPS) is 17.2. The van der Waals surface area contributed by atoms with Crippen LogP contribution in [0, 0.1) is 13.8 Å². The first-order valence-corrected chi connectivity index (χ1v) is 8.69. The number of carbonyl (C=O) groups excluding carboxylic acids is 1. The predicted octanol–water partition coefficient (Wildman–Crippen LogP) is 2.02. The SMILES string of the molecule is Cc1cc(C)nc(C2CCN(C(=O)Cn3c(=O)oc4ccccc43)C2)n1. The van der Waals surface area contributed by atoms with E-state index in [0.29, 0.717) is 24.2 Å². The van der Waals surface area contributed by atoms with Crippen molar-refractivity contribution in [3.63, 3.8) is 0 Å². The number of likely N-dealkylation sites (tertiary alicyclic amines) is 1. The van der Waals surface area contributed by atoms with E-state index in [1.54, 1.807) is 23.1 Å². The number of hydrogen-bond acceptors (Lipinski definition) is 5. The summed E-state index contributed by atoms with van der Waals surface area (Å²) < 4.78 is 6.58. The molecule has 0 saturated carbocycles. The molecule has 4 rings (SSSR count). The summed E-state index contributed by atoms with van der Waals surface area (Å²) in [5.74, 6) is 0.331. The molecule has 1 aliphatic rings. The highest BCUT2D eigenvalue weighted by atomic mass is 16.4. The summed E-state index contributed by atoms with van der Waals surface area (Å²) in [6.45, 7) is 5.10. The van der Waals surface area contributed by atoms with Crippen molar-refractivity contribution < 1.29 is 9.21 Å². The van der Waals surface area contributed by atoms with E-state index in [1.165, 1.54) is 4.57 Å². The quantitative estimate of drug-likeness (QED) is 0.720. The maximum Gasteiger partial charge on any atom is 0.420 e. The molecule has 0 bridgehead atoms. The Labute approximate surface area is 150 Å². The number of para-hydroxylation sites is 2. The zero-order valence-electron chi connectivity index (χ0n) is 14.8. The first kappa shape index (κ1) is 16.5. The predicted molar refractivity (Wildman–Crippen MR) is 95.9 cm³/mol. The second-order valence-corrected chi connectivity index (χ2v) is 6.76. The van der Waals surface area contributed by atoms with Crippen LogP contribution in [0.2, 0.25) is 0 Å². The molecule has 1 amide bonds. The van der Waals surface area contributed by atoms with E-state index >= 15 is 0 Å². The largest absolute Gasteiger partial charge is 0.420 e. The second-order valence-electron chi connectivity index (χ2n) is 6.76. The van der Waals surface area contributed by atoms with Crippen molar-refractivity contribution in [3.8, 4) is 0 Å². The number of aryl methyl sites for hydroxylation is 2. The van der Waals surface area contributed by atoms with Crippen molar-refractivity contribution in [3.05, 3.63) is 58.1 Å². The van der Waals surface area contributed by atoms with Crippen LogP contribution in [0.1, 0.15) is 29.6 Å². The Balaban J connectivity index is 1.51. The highest BCUT2D eigenvalue weighted by Crippen LogP contribution is 2.25. The Bertz CT molecular complexity index is 1020. The summed E-state index contributed by atoms with van der Waals surface area (Å²) in [6, 6.07) is 9.07. The first-order valence-electron chi connectivity index (χ1n) is 8.69. The molecule has 0 N–H and O–H groups in total. The summed E-state index contributed by atoms with van der Waals surface area (Å²) in [5.41, 5.74) is 3.01. The molecule has 26 heavy (non-hydrogen) atoms. The monoisotopic (exact) mass is 352 g/mol. The van der Waals surface area contributed by atoms with Gasteiger partial charge >= 0.3 is 5.76 Å². The zero-order valence-corrected chi connectivity index (χ0v) is 14.8. The molecule has 1 atom stereocenters. The van der Waals surface area contributed by atoms with Crippen LogP contribution < -0.4 is 5.76 Å². The molecule has 0 spiro atoms. The van der Waals surface area contributed by atoms with Gasteiger partial charge in [0.1, 0.15) is 12.4 Å². The highest BCUT2D eigenvalue weighted by Gasteiger charge is 2.30. The minimum Gasteiger partial charge on any atom is -0.408 e. The zero-order chi connectivity index (χ0) is 18.3. The van der Waals surface area contributed by atoms with Crippen LogP contribution in [0.3, 0.4) is 0 Å². The van der Waals surface area contributed by atoms with Crippen molar-refractivity contribution in [2.45, 2.75) is 32.7 Å². The number of oxazole rings is 1. The minimum absolute atomic E-state index is 0.0176.